The lowest BCUT2D eigenvalue weighted by Crippen LogP contribution is -2.20. The summed E-state index contributed by atoms with van der Waals surface area (Å²) in [4.78, 5) is 2.39. The molecule has 0 atom stereocenters. The van der Waals surface area contributed by atoms with Crippen molar-refractivity contribution in [1.82, 2.24) is 4.90 Å². The van der Waals surface area contributed by atoms with Crippen LogP contribution in [0.3, 0.4) is 0 Å². The maximum absolute atomic E-state index is 3.45. The highest BCUT2D eigenvalue weighted by atomic mass is 15.1. The Morgan fingerprint density at radius 3 is 2.75 bits per heavy atom. The van der Waals surface area contributed by atoms with E-state index >= 15 is 0 Å². The summed E-state index contributed by atoms with van der Waals surface area (Å²) in [7, 11) is 2.20. The van der Waals surface area contributed by atoms with Gasteiger partial charge in [-0.25, -0.2) is 0 Å². The number of nitrogens with zero attached hydrogens (tertiary/aromatic N) is 1. The van der Waals surface area contributed by atoms with Crippen molar-refractivity contribution in [2.75, 3.05) is 25.5 Å². The minimum atomic E-state index is 1.02. The monoisotopic (exact) mass is 266 g/mol. The average molecular weight is 266 g/mol. The number of anilines is 1. The van der Waals surface area contributed by atoms with E-state index in [1.807, 2.05) is 0 Å². The van der Waals surface area contributed by atoms with E-state index in [4.69, 9.17) is 0 Å². The highest BCUT2D eigenvalue weighted by Gasteiger charge is 2.10. The second-order valence-electron chi connectivity index (χ2n) is 5.64. The van der Waals surface area contributed by atoms with Gasteiger partial charge in [0.1, 0.15) is 0 Å². The fourth-order valence-electron chi connectivity index (χ4n) is 2.79. The smallest absolute Gasteiger partial charge is 0.0376 e. The molecule has 2 nitrogen and oxygen atoms in total. The van der Waals surface area contributed by atoms with Crippen LogP contribution in [0.25, 0.3) is 0 Å². The zero-order valence-electron chi connectivity index (χ0n) is 12.1. The first-order chi connectivity index (χ1) is 9.81. The molecule has 20 heavy (non-hydrogen) atoms. The molecule has 0 bridgehead atoms. The molecule has 0 aliphatic carbocycles. The molecular formula is C18H22N2. The summed E-state index contributed by atoms with van der Waals surface area (Å²) < 4.78 is 0. The molecule has 2 aromatic rings. The highest BCUT2D eigenvalue weighted by molar-refractivity contribution is 5.57. The summed E-state index contributed by atoms with van der Waals surface area (Å²) in [6.45, 7) is 3.19. The topological polar surface area (TPSA) is 15.3 Å². The van der Waals surface area contributed by atoms with Crippen LogP contribution in [-0.4, -0.2) is 25.0 Å². The lowest BCUT2D eigenvalue weighted by Gasteiger charge is -2.17. The molecule has 0 amide bonds. The summed E-state index contributed by atoms with van der Waals surface area (Å²) >= 11 is 0. The summed E-state index contributed by atoms with van der Waals surface area (Å²) in [5.41, 5.74) is 5.60. The van der Waals surface area contributed by atoms with Crippen LogP contribution in [0, 0.1) is 0 Å². The van der Waals surface area contributed by atoms with Crippen LogP contribution in [0.1, 0.15) is 16.7 Å². The third-order valence-corrected chi connectivity index (χ3v) is 3.96. The Balaban J connectivity index is 1.55. The quantitative estimate of drug-likeness (QED) is 0.893. The molecule has 1 aliphatic heterocycles. The van der Waals surface area contributed by atoms with Gasteiger partial charge in [0.25, 0.3) is 0 Å². The van der Waals surface area contributed by atoms with Gasteiger partial charge in [-0.2, -0.15) is 0 Å². The Morgan fingerprint density at radius 2 is 1.90 bits per heavy atom. The second-order valence-corrected chi connectivity index (χ2v) is 5.64. The molecule has 1 heterocycles. The van der Waals surface area contributed by atoms with Gasteiger partial charge in [0.05, 0.1) is 0 Å². The fourth-order valence-corrected chi connectivity index (χ4v) is 2.79. The summed E-state index contributed by atoms with van der Waals surface area (Å²) in [6.07, 6.45) is 2.28. The Kier molecular flexibility index (Phi) is 4.03. The Bertz CT molecular complexity index is 563. The SMILES string of the molecule is CN(CCc1ccccc1)Cc1ccc2c(c1)NCC2. The van der Waals surface area contributed by atoms with E-state index in [-0.39, 0.29) is 0 Å². The fraction of sp³-hybridized carbons (Fsp3) is 0.333. The van der Waals surface area contributed by atoms with Crippen molar-refractivity contribution in [3.8, 4) is 0 Å². The second kappa shape index (κ2) is 6.10. The molecule has 0 unspecified atom stereocenters. The predicted molar refractivity (Wildman–Crippen MR) is 85.1 cm³/mol. The molecule has 0 fully saturated rings. The number of nitrogens with one attached hydrogen (secondary N) is 1. The van der Waals surface area contributed by atoms with E-state index in [0.29, 0.717) is 0 Å². The lowest BCUT2D eigenvalue weighted by molar-refractivity contribution is 0.331. The van der Waals surface area contributed by atoms with Gasteiger partial charge >= 0.3 is 0 Å². The van der Waals surface area contributed by atoms with E-state index in [1.165, 1.54) is 28.8 Å². The maximum atomic E-state index is 3.45. The van der Waals surface area contributed by atoms with Gasteiger partial charge in [-0.15, -0.1) is 0 Å². The number of likely N-dealkylation sites (N-methyl/N-ethyl adjacent to an activating group) is 1. The third-order valence-electron chi connectivity index (χ3n) is 3.96. The van der Waals surface area contributed by atoms with Crippen LogP contribution in [-0.2, 0) is 19.4 Å². The number of hydrogen-bond donors (Lipinski definition) is 1. The molecule has 0 radical (unpaired) electrons. The van der Waals surface area contributed by atoms with Crippen molar-refractivity contribution < 1.29 is 0 Å². The summed E-state index contributed by atoms with van der Waals surface area (Å²) in [5.74, 6) is 0. The minimum absolute atomic E-state index is 1.02. The first kappa shape index (κ1) is 13.2. The van der Waals surface area contributed by atoms with Crippen LogP contribution >= 0.6 is 0 Å². The Hall–Kier alpha value is -1.80. The van der Waals surface area contributed by atoms with E-state index in [2.05, 4.69) is 65.8 Å². The van der Waals surface area contributed by atoms with Gasteiger partial charge in [-0.1, -0.05) is 42.5 Å². The first-order valence-corrected chi connectivity index (χ1v) is 7.39. The van der Waals surface area contributed by atoms with Crippen molar-refractivity contribution in [3.05, 3.63) is 65.2 Å². The van der Waals surface area contributed by atoms with Crippen LogP contribution in [0.2, 0.25) is 0 Å². The van der Waals surface area contributed by atoms with Crippen molar-refractivity contribution in [2.24, 2.45) is 0 Å². The Morgan fingerprint density at radius 1 is 1.05 bits per heavy atom. The van der Waals surface area contributed by atoms with Crippen molar-refractivity contribution in [2.45, 2.75) is 19.4 Å². The molecular weight excluding hydrogens is 244 g/mol. The van der Waals surface area contributed by atoms with Gasteiger partial charge < -0.3 is 10.2 Å². The van der Waals surface area contributed by atoms with Crippen LogP contribution in [0.5, 0.6) is 0 Å². The standard InChI is InChI=1S/C18H22N2/c1-20(12-10-15-5-3-2-4-6-15)14-16-7-8-17-9-11-19-18(17)13-16/h2-8,13,19H,9-12,14H2,1H3. The molecule has 0 aromatic heterocycles. The average Bonchev–Trinajstić information content (AvgIpc) is 2.94. The van der Waals surface area contributed by atoms with E-state index in [0.717, 1.165) is 26.1 Å². The molecule has 1 aliphatic rings. The maximum Gasteiger partial charge on any atom is 0.0376 e. The zero-order chi connectivity index (χ0) is 13.8. The molecule has 2 aromatic carbocycles. The Labute approximate surface area is 121 Å². The van der Waals surface area contributed by atoms with Crippen LogP contribution in [0.15, 0.2) is 48.5 Å². The third kappa shape index (κ3) is 3.20. The number of hydrogen-bond acceptors (Lipinski definition) is 2. The van der Waals surface area contributed by atoms with Crippen LogP contribution in [0.4, 0.5) is 5.69 Å². The van der Waals surface area contributed by atoms with E-state index in [1.54, 1.807) is 0 Å². The summed E-state index contributed by atoms with van der Waals surface area (Å²) in [6, 6.07) is 17.6. The molecule has 3 rings (SSSR count). The first-order valence-electron chi connectivity index (χ1n) is 7.39. The van der Waals surface area contributed by atoms with Crippen molar-refractivity contribution >= 4 is 5.69 Å². The van der Waals surface area contributed by atoms with Gasteiger partial charge in [-0.05, 0) is 42.6 Å². The zero-order valence-corrected chi connectivity index (χ0v) is 12.1. The van der Waals surface area contributed by atoms with Crippen molar-refractivity contribution in [3.63, 3.8) is 0 Å². The molecule has 2 heteroatoms. The van der Waals surface area contributed by atoms with E-state index in [9.17, 15) is 0 Å². The minimum Gasteiger partial charge on any atom is -0.384 e. The molecule has 0 spiro atoms. The van der Waals surface area contributed by atoms with Crippen LogP contribution < -0.4 is 5.32 Å². The number of rotatable bonds is 5. The predicted octanol–water partition coefficient (Wildman–Crippen LogP) is 3.33. The van der Waals surface area contributed by atoms with Gasteiger partial charge in [-0.3, -0.25) is 0 Å². The van der Waals surface area contributed by atoms with E-state index < -0.39 is 0 Å². The lowest BCUT2D eigenvalue weighted by atomic mass is 10.1. The van der Waals surface area contributed by atoms with Gasteiger partial charge in [0.2, 0.25) is 0 Å². The summed E-state index contributed by atoms with van der Waals surface area (Å²) in [5, 5.41) is 3.45. The van der Waals surface area contributed by atoms with Crippen molar-refractivity contribution in [1.29, 1.82) is 0 Å². The van der Waals surface area contributed by atoms with Gasteiger partial charge in [0.15, 0.2) is 0 Å². The number of fused-ring (bicyclic) bond motifs is 1. The highest BCUT2D eigenvalue weighted by Crippen LogP contribution is 2.23. The molecule has 0 saturated carbocycles. The largest absolute Gasteiger partial charge is 0.384 e. The molecule has 0 saturated heterocycles. The normalized spacial score (nSPS) is 13.3. The van der Waals surface area contributed by atoms with Gasteiger partial charge in [0, 0.05) is 25.3 Å². The number of benzene rings is 2. The molecule has 1 N–H and O–H groups in total. The molecule has 104 valence electrons.